The maximum atomic E-state index is 13.2. The number of amides is 1. The van der Waals surface area contributed by atoms with Gasteiger partial charge in [0.1, 0.15) is 5.82 Å². The van der Waals surface area contributed by atoms with E-state index >= 15 is 0 Å². The number of hydrogen-bond donors (Lipinski definition) is 0. The summed E-state index contributed by atoms with van der Waals surface area (Å²) in [6.45, 7) is 3.39. The molecule has 3 nitrogen and oxygen atoms in total. The summed E-state index contributed by atoms with van der Waals surface area (Å²) >= 11 is 0. The van der Waals surface area contributed by atoms with Crippen molar-refractivity contribution >= 4 is 11.6 Å². The minimum absolute atomic E-state index is 0.0513. The minimum atomic E-state index is -0.204. The van der Waals surface area contributed by atoms with Gasteiger partial charge in [-0.3, -0.25) is 9.69 Å². The zero-order valence-corrected chi connectivity index (χ0v) is 15.0. The van der Waals surface area contributed by atoms with E-state index in [0.29, 0.717) is 0 Å². The lowest BCUT2D eigenvalue weighted by Gasteiger charge is -2.37. The maximum Gasteiger partial charge on any atom is 0.231 e. The van der Waals surface area contributed by atoms with E-state index < -0.39 is 0 Å². The SMILES string of the molecule is O=C([C@H]1CCCN(Cc2ccc(F)cc2)C1)N1CCCc2ccccc21. The number of hydrogen-bond acceptors (Lipinski definition) is 2. The van der Waals surface area contributed by atoms with E-state index in [1.807, 2.05) is 23.1 Å². The van der Waals surface area contributed by atoms with Crippen molar-refractivity contribution in [2.45, 2.75) is 32.2 Å². The number of anilines is 1. The van der Waals surface area contributed by atoms with E-state index in [-0.39, 0.29) is 17.6 Å². The first-order valence-electron chi connectivity index (χ1n) is 9.57. The van der Waals surface area contributed by atoms with Crippen LogP contribution in [0.25, 0.3) is 0 Å². The van der Waals surface area contributed by atoms with Gasteiger partial charge in [-0.1, -0.05) is 30.3 Å². The van der Waals surface area contributed by atoms with Gasteiger partial charge in [-0.25, -0.2) is 4.39 Å². The summed E-state index contributed by atoms with van der Waals surface area (Å²) in [5.74, 6) is 0.112. The molecule has 2 aromatic carbocycles. The molecule has 2 aliphatic rings. The average Bonchev–Trinajstić information content (AvgIpc) is 2.69. The first-order valence-corrected chi connectivity index (χ1v) is 9.57. The molecular formula is C22H25FN2O. The molecule has 1 saturated heterocycles. The van der Waals surface area contributed by atoms with Gasteiger partial charge in [0.05, 0.1) is 5.92 Å². The zero-order valence-electron chi connectivity index (χ0n) is 15.0. The van der Waals surface area contributed by atoms with Crippen LogP contribution in [0.5, 0.6) is 0 Å². The molecule has 0 radical (unpaired) electrons. The standard InChI is InChI=1S/C22H25FN2O/c23-20-11-9-17(10-12-20)15-24-13-3-7-19(16-24)22(26)25-14-4-6-18-5-1-2-8-21(18)25/h1-2,5,8-12,19H,3-4,6-7,13-16H2/t19-/m0/s1. The molecule has 136 valence electrons. The van der Waals surface area contributed by atoms with Gasteiger partial charge in [-0.2, -0.15) is 0 Å². The number of benzene rings is 2. The quantitative estimate of drug-likeness (QED) is 0.833. The van der Waals surface area contributed by atoms with E-state index in [9.17, 15) is 9.18 Å². The lowest BCUT2D eigenvalue weighted by Crippen LogP contribution is -2.46. The lowest BCUT2D eigenvalue weighted by molar-refractivity contribution is -0.124. The van der Waals surface area contributed by atoms with Gasteiger partial charge < -0.3 is 4.90 Å². The summed E-state index contributed by atoms with van der Waals surface area (Å²) in [5, 5.41) is 0. The first-order chi connectivity index (χ1) is 12.7. The van der Waals surface area contributed by atoms with Gasteiger partial charge in [0.2, 0.25) is 5.91 Å². The molecule has 26 heavy (non-hydrogen) atoms. The number of fused-ring (bicyclic) bond motifs is 1. The Morgan fingerprint density at radius 3 is 2.69 bits per heavy atom. The molecule has 4 rings (SSSR count). The van der Waals surface area contributed by atoms with Crippen LogP contribution < -0.4 is 4.90 Å². The van der Waals surface area contributed by atoms with Crippen molar-refractivity contribution < 1.29 is 9.18 Å². The molecule has 2 aromatic rings. The number of carbonyl (C=O) groups is 1. The van der Waals surface area contributed by atoms with Crippen molar-refractivity contribution in [1.82, 2.24) is 4.90 Å². The van der Waals surface area contributed by atoms with Crippen LogP contribution in [-0.2, 0) is 17.8 Å². The van der Waals surface area contributed by atoms with Gasteiger partial charge in [-0.05, 0) is 61.6 Å². The summed E-state index contributed by atoms with van der Waals surface area (Å²) < 4.78 is 13.1. The Morgan fingerprint density at radius 2 is 1.85 bits per heavy atom. The normalized spacial score (nSPS) is 20.7. The van der Waals surface area contributed by atoms with Crippen LogP contribution in [0.1, 0.15) is 30.4 Å². The Bertz CT molecular complexity index is 774. The number of rotatable bonds is 3. The maximum absolute atomic E-state index is 13.2. The Labute approximate surface area is 154 Å². The second-order valence-corrected chi connectivity index (χ2v) is 7.42. The molecule has 1 atom stereocenters. The second kappa shape index (κ2) is 7.58. The molecule has 0 saturated carbocycles. The van der Waals surface area contributed by atoms with Gasteiger partial charge in [0, 0.05) is 25.3 Å². The molecule has 0 N–H and O–H groups in total. The number of para-hydroxylation sites is 1. The Kier molecular flexibility index (Phi) is 5.02. The number of carbonyl (C=O) groups excluding carboxylic acids is 1. The van der Waals surface area contributed by atoms with Crippen molar-refractivity contribution in [3.8, 4) is 0 Å². The molecule has 1 fully saturated rings. The summed E-state index contributed by atoms with van der Waals surface area (Å²) in [5.41, 5.74) is 3.48. The molecule has 2 heterocycles. The van der Waals surface area contributed by atoms with Crippen LogP contribution in [0.3, 0.4) is 0 Å². The predicted molar refractivity (Wildman–Crippen MR) is 102 cm³/mol. The lowest BCUT2D eigenvalue weighted by atomic mass is 9.93. The van der Waals surface area contributed by atoms with Crippen LogP contribution >= 0.6 is 0 Å². The predicted octanol–water partition coefficient (Wildman–Crippen LogP) is 4.02. The molecular weight excluding hydrogens is 327 g/mol. The van der Waals surface area contributed by atoms with E-state index in [0.717, 1.165) is 63.1 Å². The second-order valence-electron chi connectivity index (χ2n) is 7.42. The highest BCUT2D eigenvalue weighted by atomic mass is 19.1. The number of nitrogens with zero attached hydrogens (tertiary/aromatic N) is 2. The molecule has 2 aliphatic heterocycles. The van der Waals surface area contributed by atoms with Gasteiger partial charge in [0.15, 0.2) is 0 Å². The minimum Gasteiger partial charge on any atom is -0.312 e. The fourth-order valence-corrected chi connectivity index (χ4v) is 4.23. The highest BCUT2D eigenvalue weighted by Gasteiger charge is 2.31. The fraction of sp³-hybridized carbons (Fsp3) is 0.409. The third-order valence-corrected chi connectivity index (χ3v) is 5.55. The van der Waals surface area contributed by atoms with Crippen LogP contribution in [0, 0.1) is 11.7 Å². The van der Waals surface area contributed by atoms with E-state index in [1.165, 1.54) is 17.7 Å². The first kappa shape index (κ1) is 17.2. The molecule has 0 bridgehead atoms. The Balaban J connectivity index is 1.44. The van der Waals surface area contributed by atoms with Gasteiger partial charge in [-0.15, -0.1) is 0 Å². The van der Waals surface area contributed by atoms with Crippen molar-refractivity contribution in [3.05, 3.63) is 65.5 Å². The van der Waals surface area contributed by atoms with E-state index in [4.69, 9.17) is 0 Å². The van der Waals surface area contributed by atoms with Crippen LogP contribution in [0.2, 0.25) is 0 Å². The summed E-state index contributed by atoms with van der Waals surface area (Å²) in [6.07, 6.45) is 4.08. The third kappa shape index (κ3) is 3.65. The van der Waals surface area contributed by atoms with E-state index in [2.05, 4.69) is 23.1 Å². The van der Waals surface area contributed by atoms with Crippen molar-refractivity contribution in [2.24, 2.45) is 5.92 Å². The highest BCUT2D eigenvalue weighted by Crippen LogP contribution is 2.30. The molecule has 4 heteroatoms. The van der Waals surface area contributed by atoms with E-state index in [1.54, 1.807) is 0 Å². The molecule has 0 unspecified atom stereocenters. The largest absolute Gasteiger partial charge is 0.312 e. The zero-order chi connectivity index (χ0) is 17.9. The Hall–Kier alpha value is -2.20. The van der Waals surface area contributed by atoms with Crippen molar-refractivity contribution in [2.75, 3.05) is 24.5 Å². The third-order valence-electron chi connectivity index (χ3n) is 5.55. The summed E-state index contributed by atoms with van der Waals surface area (Å²) in [6, 6.07) is 15.0. The van der Waals surface area contributed by atoms with Gasteiger partial charge >= 0.3 is 0 Å². The molecule has 0 spiro atoms. The van der Waals surface area contributed by atoms with Gasteiger partial charge in [0.25, 0.3) is 0 Å². The monoisotopic (exact) mass is 352 g/mol. The Morgan fingerprint density at radius 1 is 1.04 bits per heavy atom. The van der Waals surface area contributed by atoms with Crippen LogP contribution in [-0.4, -0.2) is 30.4 Å². The number of halogens is 1. The number of likely N-dealkylation sites (tertiary alicyclic amines) is 1. The molecule has 0 aromatic heterocycles. The summed E-state index contributed by atoms with van der Waals surface area (Å²) in [4.78, 5) is 17.5. The fourth-order valence-electron chi connectivity index (χ4n) is 4.23. The molecule has 1 amide bonds. The molecule has 0 aliphatic carbocycles. The smallest absolute Gasteiger partial charge is 0.231 e. The summed E-state index contributed by atoms with van der Waals surface area (Å²) in [7, 11) is 0. The van der Waals surface area contributed by atoms with Crippen molar-refractivity contribution in [3.63, 3.8) is 0 Å². The van der Waals surface area contributed by atoms with Crippen molar-refractivity contribution in [1.29, 1.82) is 0 Å². The van der Waals surface area contributed by atoms with Crippen LogP contribution in [0.15, 0.2) is 48.5 Å². The highest BCUT2D eigenvalue weighted by molar-refractivity contribution is 5.96. The van der Waals surface area contributed by atoms with Crippen LogP contribution in [0.4, 0.5) is 10.1 Å². The average molecular weight is 352 g/mol. The number of piperidine rings is 1. The number of aryl methyl sites for hydroxylation is 1. The topological polar surface area (TPSA) is 23.6 Å².